The van der Waals surface area contributed by atoms with Crippen LogP contribution in [0.15, 0.2) is 24.5 Å². The van der Waals surface area contributed by atoms with Crippen LogP contribution in [0.3, 0.4) is 0 Å². The molecule has 2 rings (SSSR count). The van der Waals surface area contributed by atoms with E-state index < -0.39 is 5.54 Å². The molecule has 1 heterocycles. The first-order valence-corrected chi connectivity index (χ1v) is 6.46. The molecule has 0 aliphatic heterocycles. The third-order valence-corrected chi connectivity index (χ3v) is 3.75. The van der Waals surface area contributed by atoms with Crippen molar-refractivity contribution >= 4 is 11.0 Å². The van der Waals surface area contributed by atoms with Crippen LogP contribution in [0.25, 0.3) is 11.0 Å². The number of rotatable bonds is 4. The van der Waals surface area contributed by atoms with Gasteiger partial charge in [-0.2, -0.15) is 5.26 Å². The molecule has 1 aromatic carbocycles. The van der Waals surface area contributed by atoms with Crippen LogP contribution in [0.2, 0.25) is 0 Å². The minimum absolute atomic E-state index is 0.422. The highest BCUT2D eigenvalue weighted by Crippen LogP contribution is 2.16. The van der Waals surface area contributed by atoms with Gasteiger partial charge in [-0.15, -0.1) is 0 Å². The van der Waals surface area contributed by atoms with Crippen LogP contribution in [0, 0.1) is 11.3 Å². The number of likely N-dealkylation sites (N-methyl/N-ethyl adjacent to an activating group) is 1. The Balaban J connectivity index is 2.08. The Morgan fingerprint density at radius 1 is 1.42 bits per heavy atom. The Morgan fingerprint density at radius 3 is 2.84 bits per heavy atom. The maximum absolute atomic E-state index is 9.10. The van der Waals surface area contributed by atoms with Crippen LogP contribution in [0.4, 0.5) is 0 Å². The summed E-state index contributed by atoms with van der Waals surface area (Å²) in [7, 11) is 3.99. The van der Waals surface area contributed by atoms with Gasteiger partial charge in [0, 0.05) is 13.6 Å². The summed E-state index contributed by atoms with van der Waals surface area (Å²) in [5.41, 5.74) is 3.01. The quantitative estimate of drug-likeness (QED) is 0.843. The number of benzene rings is 1. The molecule has 2 aromatic rings. The van der Waals surface area contributed by atoms with Gasteiger partial charge in [0.05, 0.1) is 23.4 Å². The van der Waals surface area contributed by atoms with Gasteiger partial charge in [0.25, 0.3) is 0 Å². The smallest absolute Gasteiger partial charge is 0.103 e. The van der Waals surface area contributed by atoms with Crippen LogP contribution in [-0.4, -0.2) is 33.6 Å². The van der Waals surface area contributed by atoms with Crippen molar-refractivity contribution in [2.75, 3.05) is 13.6 Å². The predicted molar refractivity (Wildman–Crippen MR) is 76.7 cm³/mol. The van der Waals surface area contributed by atoms with E-state index in [2.05, 4.69) is 34.2 Å². The highest BCUT2D eigenvalue weighted by molar-refractivity contribution is 5.75. The fraction of sp³-hybridized carbons (Fsp3) is 0.467. The summed E-state index contributed by atoms with van der Waals surface area (Å²) in [6.45, 7) is 4.74. The molecule has 0 aliphatic carbocycles. The fourth-order valence-electron chi connectivity index (χ4n) is 2.00. The summed E-state index contributed by atoms with van der Waals surface area (Å²) in [6, 6.07) is 8.69. The molecule has 0 saturated carbocycles. The van der Waals surface area contributed by atoms with Crippen LogP contribution < -0.4 is 0 Å². The lowest BCUT2D eigenvalue weighted by Gasteiger charge is -2.28. The second kappa shape index (κ2) is 5.02. The molecule has 0 N–H and O–H groups in total. The molecule has 0 unspecified atom stereocenters. The number of imidazole rings is 1. The van der Waals surface area contributed by atoms with Gasteiger partial charge in [-0.05, 0) is 45.0 Å². The van der Waals surface area contributed by atoms with Crippen molar-refractivity contribution < 1.29 is 0 Å². The van der Waals surface area contributed by atoms with Crippen molar-refractivity contribution in [1.82, 2.24) is 14.5 Å². The maximum atomic E-state index is 9.10. The van der Waals surface area contributed by atoms with E-state index in [0.717, 1.165) is 24.0 Å². The van der Waals surface area contributed by atoms with Crippen LogP contribution in [0.1, 0.15) is 19.4 Å². The molecule has 4 heteroatoms. The fourth-order valence-corrected chi connectivity index (χ4v) is 2.00. The number of fused-ring (bicyclic) bond motifs is 1. The van der Waals surface area contributed by atoms with Crippen LogP contribution >= 0.6 is 0 Å². The standard InChI is InChI=1S/C15H20N4/c1-15(2,10-16)19(4)8-7-12-5-6-14-13(9-12)17-11-18(14)3/h5-6,9,11H,7-8H2,1-4H3. The normalized spacial score (nSPS) is 12.0. The van der Waals surface area contributed by atoms with Gasteiger partial charge in [0.1, 0.15) is 5.54 Å². The average molecular weight is 256 g/mol. The van der Waals surface area contributed by atoms with Gasteiger partial charge in [0.15, 0.2) is 0 Å². The topological polar surface area (TPSA) is 44.9 Å². The van der Waals surface area contributed by atoms with Crippen molar-refractivity contribution in [3.05, 3.63) is 30.1 Å². The van der Waals surface area contributed by atoms with Gasteiger partial charge in [0.2, 0.25) is 0 Å². The Hall–Kier alpha value is -1.86. The summed E-state index contributed by atoms with van der Waals surface area (Å²) < 4.78 is 2.02. The molecule has 0 fully saturated rings. The molecular weight excluding hydrogens is 236 g/mol. The molecule has 0 radical (unpaired) electrons. The Morgan fingerprint density at radius 2 is 2.16 bits per heavy atom. The molecule has 0 amide bonds. The van der Waals surface area contributed by atoms with Gasteiger partial charge in [-0.1, -0.05) is 6.07 Å². The largest absolute Gasteiger partial charge is 0.334 e. The SMILES string of the molecule is CN(CCc1ccc2c(c1)ncn2C)C(C)(C)C#N. The van der Waals surface area contributed by atoms with E-state index in [-0.39, 0.29) is 0 Å². The molecule has 0 spiro atoms. The maximum Gasteiger partial charge on any atom is 0.103 e. The van der Waals surface area contributed by atoms with E-state index >= 15 is 0 Å². The third kappa shape index (κ3) is 2.77. The number of hydrogen-bond donors (Lipinski definition) is 0. The zero-order valence-electron chi connectivity index (χ0n) is 12.0. The lowest BCUT2D eigenvalue weighted by atomic mass is 10.0. The van der Waals surface area contributed by atoms with E-state index in [4.69, 9.17) is 5.26 Å². The Bertz CT molecular complexity index is 619. The summed E-state index contributed by atoms with van der Waals surface area (Å²) in [6.07, 6.45) is 2.76. The van der Waals surface area contributed by atoms with Crippen molar-refractivity contribution in [2.45, 2.75) is 25.8 Å². The van der Waals surface area contributed by atoms with E-state index in [9.17, 15) is 0 Å². The number of hydrogen-bond acceptors (Lipinski definition) is 3. The van der Waals surface area contributed by atoms with Gasteiger partial charge in [-0.25, -0.2) is 4.98 Å². The monoisotopic (exact) mass is 256 g/mol. The van der Waals surface area contributed by atoms with E-state index in [1.54, 1.807) is 0 Å². The highest BCUT2D eigenvalue weighted by Gasteiger charge is 2.22. The molecular formula is C15H20N4. The van der Waals surface area contributed by atoms with Gasteiger partial charge in [-0.3, -0.25) is 4.90 Å². The second-order valence-corrected chi connectivity index (χ2v) is 5.52. The minimum Gasteiger partial charge on any atom is -0.334 e. The zero-order valence-corrected chi connectivity index (χ0v) is 12.0. The molecule has 0 saturated heterocycles. The van der Waals surface area contributed by atoms with Crippen LogP contribution in [0.5, 0.6) is 0 Å². The van der Waals surface area contributed by atoms with E-state index in [1.165, 1.54) is 5.56 Å². The lowest BCUT2D eigenvalue weighted by molar-refractivity contribution is 0.214. The zero-order chi connectivity index (χ0) is 14.0. The van der Waals surface area contributed by atoms with Gasteiger partial charge < -0.3 is 4.57 Å². The summed E-state index contributed by atoms with van der Waals surface area (Å²) >= 11 is 0. The summed E-state index contributed by atoms with van der Waals surface area (Å²) in [5.74, 6) is 0. The molecule has 19 heavy (non-hydrogen) atoms. The van der Waals surface area contributed by atoms with Crippen molar-refractivity contribution in [3.63, 3.8) is 0 Å². The molecule has 0 atom stereocenters. The van der Waals surface area contributed by atoms with Crippen molar-refractivity contribution in [1.29, 1.82) is 5.26 Å². The third-order valence-electron chi connectivity index (χ3n) is 3.75. The Kier molecular flexibility index (Phi) is 3.59. The summed E-state index contributed by atoms with van der Waals surface area (Å²) in [5, 5.41) is 9.10. The Labute approximate surface area is 114 Å². The molecule has 1 aromatic heterocycles. The van der Waals surface area contributed by atoms with Crippen LogP contribution in [-0.2, 0) is 13.5 Å². The first kappa shape index (κ1) is 13.6. The number of nitrogens with zero attached hydrogens (tertiary/aromatic N) is 4. The minimum atomic E-state index is -0.422. The second-order valence-electron chi connectivity index (χ2n) is 5.52. The lowest BCUT2D eigenvalue weighted by Crippen LogP contribution is -2.40. The van der Waals surface area contributed by atoms with Crippen molar-refractivity contribution in [3.8, 4) is 6.07 Å². The summed E-state index contributed by atoms with van der Waals surface area (Å²) in [4.78, 5) is 6.45. The highest BCUT2D eigenvalue weighted by atomic mass is 15.2. The first-order chi connectivity index (χ1) is 8.94. The average Bonchev–Trinajstić information content (AvgIpc) is 2.77. The number of aromatic nitrogens is 2. The molecule has 4 nitrogen and oxygen atoms in total. The first-order valence-electron chi connectivity index (χ1n) is 6.46. The van der Waals surface area contributed by atoms with E-state index in [0.29, 0.717) is 0 Å². The number of aryl methyl sites for hydroxylation is 1. The number of nitriles is 1. The van der Waals surface area contributed by atoms with Crippen molar-refractivity contribution in [2.24, 2.45) is 7.05 Å². The predicted octanol–water partition coefficient (Wildman–Crippen LogP) is 2.35. The molecule has 100 valence electrons. The van der Waals surface area contributed by atoms with E-state index in [1.807, 2.05) is 38.8 Å². The molecule has 0 bridgehead atoms. The molecule has 0 aliphatic rings. The van der Waals surface area contributed by atoms with Gasteiger partial charge >= 0.3 is 0 Å².